The van der Waals surface area contributed by atoms with Gasteiger partial charge in [-0.3, -0.25) is 4.79 Å². The van der Waals surface area contributed by atoms with Gasteiger partial charge in [0.2, 0.25) is 5.91 Å². The summed E-state index contributed by atoms with van der Waals surface area (Å²) in [6.45, 7) is 0.644. The summed E-state index contributed by atoms with van der Waals surface area (Å²) >= 11 is 0. The second kappa shape index (κ2) is 8.31. The first-order valence-corrected chi connectivity index (χ1v) is 9.31. The molecule has 1 heterocycles. The summed E-state index contributed by atoms with van der Waals surface area (Å²) in [5.74, 6) is -0.816. The standard InChI is InChI=1S/C22H22F3N3O2/c1-21(30,22(23,24)25)13-19(29)27(2)14-17-15-28(18-11-7-4-8-12-18)26-20(17)16-9-5-3-6-10-16/h3-12,15,30H,13-14H2,1-2H3/t21-/m1/s1. The number of hydrogen-bond donors (Lipinski definition) is 1. The monoisotopic (exact) mass is 417 g/mol. The molecule has 0 aliphatic carbocycles. The minimum Gasteiger partial charge on any atom is -0.380 e. The SMILES string of the molecule is CN(Cc1cn(-c2ccccc2)nc1-c1ccccc1)C(=O)C[C@@](C)(O)C(F)(F)F. The Morgan fingerprint density at radius 3 is 2.20 bits per heavy atom. The van der Waals surface area contributed by atoms with Crippen molar-refractivity contribution < 1.29 is 23.1 Å². The zero-order valence-electron chi connectivity index (χ0n) is 16.6. The van der Waals surface area contributed by atoms with Crippen molar-refractivity contribution in [2.75, 3.05) is 7.05 Å². The van der Waals surface area contributed by atoms with Crippen LogP contribution in [0.4, 0.5) is 13.2 Å². The van der Waals surface area contributed by atoms with Crippen molar-refractivity contribution in [2.24, 2.45) is 0 Å². The van der Waals surface area contributed by atoms with Gasteiger partial charge in [0.25, 0.3) is 0 Å². The zero-order chi connectivity index (χ0) is 21.9. The first-order valence-electron chi connectivity index (χ1n) is 9.31. The van der Waals surface area contributed by atoms with Crippen molar-refractivity contribution in [1.82, 2.24) is 14.7 Å². The van der Waals surface area contributed by atoms with E-state index in [0.29, 0.717) is 18.2 Å². The number of carbonyl (C=O) groups excluding carboxylic acids is 1. The molecule has 1 N–H and O–H groups in total. The van der Waals surface area contributed by atoms with Gasteiger partial charge in [-0.1, -0.05) is 48.5 Å². The number of alkyl halides is 3. The van der Waals surface area contributed by atoms with E-state index in [9.17, 15) is 23.1 Å². The molecule has 0 saturated carbocycles. The third-order valence-corrected chi connectivity index (χ3v) is 4.80. The van der Waals surface area contributed by atoms with E-state index in [4.69, 9.17) is 0 Å². The number of para-hydroxylation sites is 1. The Hall–Kier alpha value is -3.13. The lowest BCUT2D eigenvalue weighted by Crippen LogP contribution is -2.46. The summed E-state index contributed by atoms with van der Waals surface area (Å²) in [6.07, 6.45) is -4.19. The van der Waals surface area contributed by atoms with Gasteiger partial charge in [-0.15, -0.1) is 0 Å². The Morgan fingerprint density at radius 2 is 1.63 bits per heavy atom. The van der Waals surface area contributed by atoms with Crippen molar-refractivity contribution in [3.63, 3.8) is 0 Å². The van der Waals surface area contributed by atoms with Crippen LogP contribution >= 0.6 is 0 Å². The van der Waals surface area contributed by atoms with Gasteiger partial charge in [0.15, 0.2) is 5.60 Å². The lowest BCUT2D eigenvalue weighted by molar-refractivity contribution is -0.254. The highest BCUT2D eigenvalue weighted by Crippen LogP contribution is 2.33. The quantitative estimate of drug-likeness (QED) is 0.654. The maximum atomic E-state index is 12.9. The van der Waals surface area contributed by atoms with Crippen molar-refractivity contribution in [3.8, 4) is 16.9 Å². The van der Waals surface area contributed by atoms with E-state index in [1.165, 1.54) is 11.9 Å². The summed E-state index contributed by atoms with van der Waals surface area (Å²) in [5.41, 5.74) is -0.149. The number of rotatable bonds is 6. The summed E-state index contributed by atoms with van der Waals surface area (Å²) in [4.78, 5) is 13.5. The number of hydrogen-bond acceptors (Lipinski definition) is 3. The van der Waals surface area contributed by atoms with Crippen LogP contribution in [0.15, 0.2) is 66.9 Å². The number of nitrogens with zero attached hydrogens (tertiary/aromatic N) is 3. The van der Waals surface area contributed by atoms with Crippen molar-refractivity contribution in [1.29, 1.82) is 0 Å². The molecule has 2 aromatic carbocycles. The van der Waals surface area contributed by atoms with Gasteiger partial charge in [0, 0.05) is 30.9 Å². The molecule has 5 nitrogen and oxygen atoms in total. The molecule has 0 fully saturated rings. The maximum absolute atomic E-state index is 12.9. The first kappa shape index (κ1) is 21.6. The van der Waals surface area contributed by atoms with Gasteiger partial charge in [0.1, 0.15) is 0 Å². The fraction of sp³-hybridized carbons (Fsp3) is 0.273. The number of carbonyl (C=O) groups is 1. The molecular formula is C22H22F3N3O2. The zero-order valence-corrected chi connectivity index (χ0v) is 16.6. The lowest BCUT2D eigenvalue weighted by atomic mass is 10.0. The molecule has 1 aromatic heterocycles. The normalized spacial score (nSPS) is 13.7. The summed E-state index contributed by atoms with van der Waals surface area (Å²) < 4.78 is 40.4. The number of amides is 1. The highest BCUT2D eigenvalue weighted by Gasteiger charge is 2.51. The number of aliphatic hydroxyl groups is 1. The van der Waals surface area contributed by atoms with Crippen LogP contribution in [0.1, 0.15) is 18.9 Å². The van der Waals surface area contributed by atoms with Gasteiger partial charge in [-0.05, 0) is 19.1 Å². The molecule has 1 atom stereocenters. The van der Waals surface area contributed by atoms with E-state index in [2.05, 4.69) is 5.10 Å². The van der Waals surface area contributed by atoms with E-state index >= 15 is 0 Å². The Balaban J connectivity index is 1.89. The van der Waals surface area contributed by atoms with Crippen molar-refractivity contribution >= 4 is 5.91 Å². The molecule has 158 valence electrons. The van der Waals surface area contributed by atoms with E-state index in [-0.39, 0.29) is 6.54 Å². The molecule has 1 amide bonds. The fourth-order valence-electron chi connectivity index (χ4n) is 2.95. The molecule has 0 aliphatic rings. The second-order valence-electron chi connectivity index (χ2n) is 7.35. The van der Waals surface area contributed by atoms with Gasteiger partial charge in [-0.25, -0.2) is 4.68 Å². The van der Waals surface area contributed by atoms with E-state index in [0.717, 1.165) is 11.3 Å². The third-order valence-electron chi connectivity index (χ3n) is 4.80. The predicted molar refractivity (Wildman–Crippen MR) is 107 cm³/mol. The molecule has 0 aliphatic heterocycles. The second-order valence-corrected chi connectivity index (χ2v) is 7.35. The Labute approximate surface area is 172 Å². The molecule has 8 heteroatoms. The van der Waals surface area contributed by atoms with Crippen molar-refractivity contribution in [3.05, 3.63) is 72.4 Å². The molecule has 0 spiro atoms. The van der Waals surface area contributed by atoms with Crippen LogP contribution in [-0.2, 0) is 11.3 Å². The van der Waals surface area contributed by atoms with Crippen LogP contribution < -0.4 is 0 Å². The summed E-state index contributed by atoms with van der Waals surface area (Å²) in [5, 5.41) is 14.3. The van der Waals surface area contributed by atoms with Crippen LogP contribution in [0.25, 0.3) is 16.9 Å². The van der Waals surface area contributed by atoms with E-state index < -0.39 is 24.1 Å². The van der Waals surface area contributed by atoms with Gasteiger partial charge >= 0.3 is 6.18 Å². The molecule has 0 bridgehead atoms. The van der Waals surface area contributed by atoms with E-state index in [1.54, 1.807) is 10.9 Å². The van der Waals surface area contributed by atoms with Crippen LogP contribution in [-0.4, -0.2) is 44.5 Å². The molecule has 3 aromatic rings. The molecule has 0 unspecified atom stereocenters. The Bertz CT molecular complexity index is 999. The highest BCUT2D eigenvalue weighted by atomic mass is 19.4. The number of aromatic nitrogens is 2. The minimum absolute atomic E-state index is 0.0455. The van der Waals surface area contributed by atoms with E-state index in [1.807, 2.05) is 60.7 Å². The largest absolute Gasteiger partial charge is 0.417 e. The summed E-state index contributed by atoms with van der Waals surface area (Å²) in [6, 6.07) is 18.7. The lowest BCUT2D eigenvalue weighted by Gasteiger charge is -2.28. The fourth-order valence-corrected chi connectivity index (χ4v) is 2.95. The topological polar surface area (TPSA) is 58.4 Å². The summed E-state index contributed by atoms with van der Waals surface area (Å²) in [7, 11) is 1.41. The Morgan fingerprint density at radius 1 is 1.07 bits per heavy atom. The predicted octanol–water partition coefficient (Wildman–Crippen LogP) is 4.20. The van der Waals surface area contributed by atoms with Gasteiger partial charge in [0.05, 0.1) is 17.8 Å². The third kappa shape index (κ3) is 4.71. The first-order chi connectivity index (χ1) is 14.1. The minimum atomic E-state index is -4.89. The van der Waals surface area contributed by atoms with Crippen LogP contribution in [0.3, 0.4) is 0 Å². The molecule has 30 heavy (non-hydrogen) atoms. The van der Waals surface area contributed by atoms with Gasteiger partial charge < -0.3 is 10.0 Å². The Kier molecular flexibility index (Phi) is 5.98. The molecule has 0 radical (unpaired) electrons. The van der Waals surface area contributed by atoms with Crippen LogP contribution in [0, 0.1) is 0 Å². The average Bonchev–Trinajstić information content (AvgIpc) is 3.12. The average molecular weight is 417 g/mol. The number of halogens is 3. The van der Waals surface area contributed by atoms with Crippen LogP contribution in [0.2, 0.25) is 0 Å². The highest BCUT2D eigenvalue weighted by molar-refractivity contribution is 5.77. The van der Waals surface area contributed by atoms with Crippen LogP contribution in [0.5, 0.6) is 0 Å². The van der Waals surface area contributed by atoms with Crippen molar-refractivity contribution in [2.45, 2.75) is 31.7 Å². The number of benzene rings is 2. The molecular weight excluding hydrogens is 395 g/mol. The smallest absolute Gasteiger partial charge is 0.380 e. The molecule has 0 saturated heterocycles. The maximum Gasteiger partial charge on any atom is 0.417 e. The molecule has 3 rings (SSSR count). The van der Waals surface area contributed by atoms with Gasteiger partial charge in [-0.2, -0.15) is 18.3 Å².